The maximum absolute atomic E-state index is 13.3. The molecule has 3 nitrogen and oxygen atoms in total. The number of halogens is 1. The van der Waals surface area contributed by atoms with Crippen molar-refractivity contribution in [3.8, 4) is 16.9 Å². The monoisotopic (exact) mass is 274 g/mol. The molecule has 20 heavy (non-hydrogen) atoms. The van der Waals surface area contributed by atoms with Crippen LogP contribution in [-0.2, 0) is 0 Å². The van der Waals surface area contributed by atoms with Crippen LogP contribution in [0, 0.1) is 5.82 Å². The Labute approximate surface area is 116 Å². The lowest BCUT2D eigenvalue weighted by molar-refractivity contribution is 0.0697. The van der Waals surface area contributed by atoms with E-state index in [1.165, 1.54) is 12.1 Å². The molecule has 0 spiro atoms. The lowest BCUT2D eigenvalue weighted by atomic mass is 9.99. The molecule has 1 N–H and O–H groups in total. The first-order valence-electron chi connectivity index (χ1n) is 6.38. The molecule has 0 heterocycles. The van der Waals surface area contributed by atoms with E-state index in [1.807, 2.05) is 6.92 Å². The van der Waals surface area contributed by atoms with Gasteiger partial charge in [-0.25, -0.2) is 9.18 Å². The Kier molecular flexibility index (Phi) is 4.35. The van der Waals surface area contributed by atoms with Crippen LogP contribution in [0.4, 0.5) is 4.39 Å². The van der Waals surface area contributed by atoms with Crippen LogP contribution in [0.25, 0.3) is 11.1 Å². The third-order valence-electron chi connectivity index (χ3n) is 2.85. The van der Waals surface area contributed by atoms with Gasteiger partial charge in [0, 0.05) is 0 Å². The van der Waals surface area contributed by atoms with Gasteiger partial charge in [-0.15, -0.1) is 0 Å². The van der Waals surface area contributed by atoms with E-state index in [4.69, 9.17) is 9.84 Å². The second-order valence-electron chi connectivity index (χ2n) is 4.37. The summed E-state index contributed by atoms with van der Waals surface area (Å²) in [5, 5.41) is 9.14. The molecule has 0 atom stereocenters. The van der Waals surface area contributed by atoms with E-state index in [0.29, 0.717) is 23.5 Å². The Balaban J connectivity index is 2.36. The van der Waals surface area contributed by atoms with Gasteiger partial charge in [0.25, 0.3) is 0 Å². The highest BCUT2D eigenvalue weighted by atomic mass is 19.1. The van der Waals surface area contributed by atoms with Crippen LogP contribution in [0.1, 0.15) is 23.7 Å². The number of ether oxygens (including phenoxy) is 1. The highest BCUT2D eigenvalue weighted by molar-refractivity contribution is 5.96. The van der Waals surface area contributed by atoms with Gasteiger partial charge < -0.3 is 9.84 Å². The lowest BCUT2D eigenvalue weighted by Crippen LogP contribution is -2.00. The van der Waals surface area contributed by atoms with E-state index >= 15 is 0 Å². The average Bonchev–Trinajstić information content (AvgIpc) is 2.45. The summed E-state index contributed by atoms with van der Waals surface area (Å²) in [6.07, 6.45) is 0.912. The molecule has 4 heteroatoms. The number of hydrogen-bond donors (Lipinski definition) is 1. The number of aromatic carboxylic acids is 1. The molecule has 0 aliphatic rings. The van der Waals surface area contributed by atoms with Crippen molar-refractivity contribution in [1.29, 1.82) is 0 Å². The Morgan fingerprint density at radius 1 is 1.20 bits per heavy atom. The van der Waals surface area contributed by atoms with E-state index in [1.54, 1.807) is 24.3 Å². The van der Waals surface area contributed by atoms with Gasteiger partial charge in [0.2, 0.25) is 0 Å². The zero-order chi connectivity index (χ0) is 14.5. The molecule has 0 radical (unpaired) electrons. The van der Waals surface area contributed by atoms with Crippen molar-refractivity contribution in [2.75, 3.05) is 6.61 Å². The smallest absolute Gasteiger partial charge is 0.336 e. The molecular weight excluding hydrogens is 259 g/mol. The molecule has 2 rings (SSSR count). The minimum Gasteiger partial charge on any atom is -0.494 e. The van der Waals surface area contributed by atoms with Gasteiger partial charge in [0.05, 0.1) is 12.2 Å². The summed E-state index contributed by atoms with van der Waals surface area (Å²) < 4.78 is 18.8. The Morgan fingerprint density at radius 2 is 1.90 bits per heavy atom. The zero-order valence-corrected chi connectivity index (χ0v) is 11.1. The summed E-state index contributed by atoms with van der Waals surface area (Å²) in [7, 11) is 0. The fourth-order valence-corrected chi connectivity index (χ4v) is 1.89. The molecule has 2 aromatic carbocycles. The molecule has 104 valence electrons. The maximum Gasteiger partial charge on any atom is 0.336 e. The predicted octanol–water partition coefficient (Wildman–Crippen LogP) is 3.98. The average molecular weight is 274 g/mol. The molecule has 0 aromatic heterocycles. The van der Waals surface area contributed by atoms with Gasteiger partial charge >= 0.3 is 5.97 Å². The second kappa shape index (κ2) is 6.19. The van der Waals surface area contributed by atoms with Crippen LogP contribution in [0.5, 0.6) is 5.75 Å². The minimum absolute atomic E-state index is 0.0774. The van der Waals surface area contributed by atoms with Crippen molar-refractivity contribution < 1.29 is 19.0 Å². The first-order valence-corrected chi connectivity index (χ1v) is 6.38. The molecule has 0 fully saturated rings. The summed E-state index contributed by atoms with van der Waals surface area (Å²) in [5.41, 5.74) is 1.08. The van der Waals surface area contributed by atoms with Crippen LogP contribution in [-0.4, -0.2) is 17.7 Å². The zero-order valence-electron chi connectivity index (χ0n) is 11.1. The summed E-state index contributed by atoms with van der Waals surface area (Å²) in [4.78, 5) is 11.2. The SMILES string of the molecule is CCCOc1ccc(-c2cc(F)ccc2C(=O)O)cc1. The minimum atomic E-state index is -1.08. The number of benzene rings is 2. The number of rotatable bonds is 5. The van der Waals surface area contributed by atoms with E-state index in [-0.39, 0.29) is 5.56 Å². The fourth-order valence-electron chi connectivity index (χ4n) is 1.89. The highest BCUT2D eigenvalue weighted by Crippen LogP contribution is 2.27. The topological polar surface area (TPSA) is 46.5 Å². The summed E-state index contributed by atoms with van der Waals surface area (Å²) in [6, 6.07) is 10.6. The van der Waals surface area contributed by atoms with Crippen LogP contribution in [0.2, 0.25) is 0 Å². The maximum atomic E-state index is 13.3. The quantitative estimate of drug-likeness (QED) is 0.897. The molecule has 0 saturated carbocycles. The van der Waals surface area contributed by atoms with Crippen molar-refractivity contribution >= 4 is 5.97 Å². The molecule has 0 bridgehead atoms. The molecule has 0 aliphatic carbocycles. The Bertz CT molecular complexity index is 606. The van der Waals surface area contributed by atoms with Crippen LogP contribution in [0.3, 0.4) is 0 Å². The summed E-state index contributed by atoms with van der Waals surface area (Å²) in [5.74, 6) is -0.827. The highest BCUT2D eigenvalue weighted by Gasteiger charge is 2.12. The van der Waals surface area contributed by atoms with E-state index < -0.39 is 11.8 Å². The first-order chi connectivity index (χ1) is 9.61. The summed E-state index contributed by atoms with van der Waals surface area (Å²) >= 11 is 0. The van der Waals surface area contributed by atoms with Crippen molar-refractivity contribution in [2.45, 2.75) is 13.3 Å². The van der Waals surface area contributed by atoms with Crippen LogP contribution >= 0.6 is 0 Å². The van der Waals surface area contributed by atoms with Crippen molar-refractivity contribution in [2.24, 2.45) is 0 Å². The second-order valence-corrected chi connectivity index (χ2v) is 4.37. The van der Waals surface area contributed by atoms with Gasteiger partial charge in [-0.3, -0.25) is 0 Å². The molecular formula is C16H15FO3. The van der Waals surface area contributed by atoms with E-state index in [9.17, 15) is 9.18 Å². The molecule has 0 saturated heterocycles. The predicted molar refractivity (Wildman–Crippen MR) is 74.6 cm³/mol. The van der Waals surface area contributed by atoms with E-state index in [0.717, 1.165) is 12.5 Å². The van der Waals surface area contributed by atoms with Gasteiger partial charge in [0.1, 0.15) is 11.6 Å². The van der Waals surface area contributed by atoms with Crippen LogP contribution in [0.15, 0.2) is 42.5 Å². The summed E-state index contributed by atoms with van der Waals surface area (Å²) in [6.45, 7) is 2.64. The largest absolute Gasteiger partial charge is 0.494 e. The third kappa shape index (κ3) is 3.15. The first kappa shape index (κ1) is 14.1. The number of carboxylic acid groups (broad SMARTS) is 1. The van der Waals surface area contributed by atoms with Crippen molar-refractivity contribution in [3.63, 3.8) is 0 Å². The Morgan fingerprint density at radius 3 is 2.50 bits per heavy atom. The van der Waals surface area contributed by atoms with Gasteiger partial charge in [0.15, 0.2) is 0 Å². The lowest BCUT2D eigenvalue weighted by Gasteiger charge is -2.08. The van der Waals surface area contributed by atoms with E-state index in [2.05, 4.69) is 0 Å². The molecule has 0 aliphatic heterocycles. The number of hydrogen-bond acceptors (Lipinski definition) is 2. The van der Waals surface area contributed by atoms with Crippen LogP contribution < -0.4 is 4.74 Å². The van der Waals surface area contributed by atoms with Crippen molar-refractivity contribution in [3.05, 3.63) is 53.8 Å². The molecule has 2 aromatic rings. The number of carboxylic acids is 1. The van der Waals surface area contributed by atoms with Gasteiger partial charge in [-0.05, 0) is 47.9 Å². The van der Waals surface area contributed by atoms with Crippen molar-refractivity contribution in [1.82, 2.24) is 0 Å². The normalized spacial score (nSPS) is 10.3. The van der Waals surface area contributed by atoms with Gasteiger partial charge in [-0.1, -0.05) is 19.1 Å². The Hall–Kier alpha value is -2.36. The fraction of sp³-hybridized carbons (Fsp3) is 0.188. The standard InChI is InChI=1S/C16H15FO3/c1-2-9-20-13-6-3-11(4-7-13)15-10-12(17)5-8-14(15)16(18)19/h3-8,10H,2,9H2,1H3,(H,18,19). The third-order valence-corrected chi connectivity index (χ3v) is 2.85. The number of carbonyl (C=O) groups is 1. The molecule has 0 unspecified atom stereocenters. The van der Waals surface area contributed by atoms with Gasteiger partial charge in [-0.2, -0.15) is 0 Å². The molecule has 0 amide bonds.